The van der Waals surface area contributed by atoms with Crippen LogP contribution in [0.15, 0.2) is 35.7 Å². The second kappa shape index (κ2) is 6.17. The van der Waals surface area contributed by atoms with Crippen LogP contribution in [0.4, 0.5) is 10.1 Å². The van der Waals surface area contributed by atoms with E-state index in [0.29, 0.717) is 0 Å². The van der Waals surface area contributed by atoms with E-state index in [0.717, 1.165) is 17.8 Å². The summed E-state index contributed by atoms with van der Waals surface area (Å²) in [5.41, 5.74) is 2.05. The zero-order chi connectivity index (χ0) is 13.8. The first kappa shape index (κ1) is 14.0. The molecule has 0 aliphatic heterocycles. The van der Waals surface area contributed by atoms with Gasteiger partial charge in [-0.1, -0.05) is 6.07 Å². The van der Waals surface area contributed by atoms with E-state index in [-0.39, 0.29) is 11.9 Å². The predicted molar refractivity (Wildman–Crippen MR) is 80.3 cm³/mol. The molecule has 1 aromatic heterocycles. The lowest BCUT2D eigenvalue weighted by atomic mass is 10.1. The van der Waals surface area contributed by atoms with Gasteiger partial charge in [0.2, 0.25) is 0 Å². The summed E-state index contributed by atoms with van der Waals surface area (Å²) >= 11 is 1.74. The standard InChI is InChI=1S/C15H19FN2S/c1-11(17-2)14-9-12(16)6-7-15(14)18(3)10-13-5-4-8-19-13/h4-9,11,17H,10H2,1-3H3. The molecular formula is C15H19FN2S. The van der Waals surface area contributed by atoms with E-state index in [1.54, 1.807) is 17.4 Å². The fraction of sp³-hybridized carbons (Fsp3) is 0.333. The SMILES string of the molecule is CNC(C)c1cc(F)ccc1N(C)Cc1cccs1. The Balaban J connectivity index is 2.27. The van der Waals surface area contributed by atoms with Crippen LogP contribution in [0.2, 0.25) is 0 Å². The number of hydrogen-bond acceptors (Lipinski definition) is 3. The Morgan fingerprint density at radius 3 is 2.79 bits per heavy atom. The van der Waals surface area contributed by atoms with Gasteiger partial charge in [-0.05, 0) is 49.2 Å². The van der Waals surface area contributed by atoms with Gasteiger partial charge < -0.3 is 10.2 Å². The van der Waals surface area contributed by atoms with Gasteiger partial charge in [0.1, 0.15) is 5.82 Å². The maximum atomic E-state index is 13.4. The van der Waals surface area contributed by atoms with E-state index in [9.17, 15) is 4.39 Å². The molecule has 0 saturated heterocycles. The summed E-state index contributed by atoms with van der Waals surface area (Å²) in [6, 6.07) is 9.28. The summed E-state index contributed by atoms with van der Waals surface area (Å²) in [5, 5.41) is 5.25. The number of hydrogen-bond donors (Lipinski definition) is 1. The molecule has 4 heteroatoms. The van der Waals surface area contributed by atoms with Crippen molar-refractivity contribution in [1.82, 2.24) is 5.32 Å². The second-order valence-electron chi connectivity index (χ2n) is 4.65. The highest BCUT2D eigenvalue weighted by molar-refractivity contribution is 7.09. The monoisotopic (exact) mass is 278 g/mol. The molecule has 0 spiro atoms. The fourth-order valence-electron chi connectivity index (χ4n) is 2.10. The van der Waals surface area contributed by atoms with Crippen LogP contribution in [0.1, 0.15) is 23.4 Å². The van der Waals surface area contributed by atoms with Crippen molar-refractivity contribution in [3.05, 3.63) is 52.0 Å². The van der Waals surface area contributed by atoms with Gasteiger partial charge in [0, 0.05) is 23.7 Å². The molecule has 1 N–H and O–H groups in total. The first-order valence-electron chi connectivity index (χ1n) is 6.32. The van der Waals surface area contributed by atoms with Gasteiger partial charge >= 0.3 is 0 Å². The Morgan fingerprint density at radius 2 is 2.16 bits per heavy atom. The molecule has 0 aliphatic rings. The molecule has 1 aromatic carbocycles. The van der Waals surface area contributed by atoms with Crippen molar-refractivity contribution in [2.75, 3.05) is 19.0 Å². The van der Waals surface area contributed by atoms with Crippen molar-refractivity contribution in [1.29, 1.82) is 0 Å². The Labute approximate surface area is 117 Å². The molecule has 2 aromatic rings. The third-order valence-electron chi connectivity index (χ3n) is 3.27. The van der Waals surface area contributed by atoms with Crippen LogP contribution in [0.25, 0.3) is 0 Å². The van der Waals surface area contributed by atoms with Crippen molar-refractivity contribution in [3.8, 4) is 0 Å². The molecule has 0 saturated carbocycles. The number of thiophene rings is 1. The largest absolute Gasteiger partial charge is 0.369 e. The molecule has 1 heterocycles. The van der Waals surface area contributed by atoms with Crippen LogP contribution in [0.3, 0.4) is 0 Å². The lowest BCUT2D eigenvalue weighted by molar-refractivity contribution is 0.607. The van der Waals surface area contributed by atoms with Gasteiger partial charge in [0.25, 0.3) is 0 Å². The highest BCUT2D eigenvalue weighted by Crippen LogP contribution is 2.28. The molecular weight excluding hydrogens is 259 g/mol. The minimum Gasteiger partial charge on any atom is -0.369 e. The molecule has 0 aliphatic carbocycles. The van der Waals surface area contributed by atoms with Crippen LogP contribution in [0.5, 0.6) is 0 Å². The summed E-state index contributed by atoms with van der Waals surface area (Å²) in [7, 11) is 3.93. The van der Waals surface area contributed by atoms with Gasteiger partial charge in [-0.3, -0.25) is 0 Å². The van der Waals surface area contributed by atoms with Crippen molar-refractivity contribution < 1.29 is 4.39 Å². The summed E-state index contributed by atoms with van der Waals surface area (Å²) in [6.07, 6.45) is 0. The van der Waals surface area contributed by atoms with Crippen LogP contribution in [-0.2, 0) is 6.54 Å². The van der Waals surface area contributed by atoms with E-state index >= 15 is 0 Å². The smallest absolute Gasteiger partial charge is 0.123 e. The highest BCUT2D eigenvalue weighted by atomic mass is 32.1. The summed E-state index contributed by atoms with van der Waals surface area (Å²) < 4.78 is 13.4. The number of halogens is 1. The normalized spacial score (nSPS) is 12.4. The third-order valence-corrected chi connectivity index (χ3v) is 4.13. The average molecular weight is 278 g/mol. The first-order chi connectivity index (χ1) is 9.11. The minimum atomic E-state index is -0.189. The van der Waals surface area contributed by atoms with Crippen molar-refractivity contribution >= 4 is 17.0 Å². The number of rotatable bonds is 5. The molecule has 1 atom stereocenters. The lowest BCUT2D eigenvalue weighted by Crippen LogP contribution is -2.21. The van der Waals surface area contributed by atoms with Crippen molar-refractivity contribution in [2.45, 2.75) is 19.5 Å². The van der Waals surface area contributed by atoms with Gasteiger partial charge in [-0.2, -0.15) is 0 Å². The molecule has 2 rings (SSSR count). The molecule has 0 bridgehead atoms. The van der Waals surface area contributed by atoms with E-state index in [2.05, 4.69) is 27.7 Å². The molecule has 19 heavy (non-hydrogen) atoms. The maximum Gasteiger partial charge on any atom is 0.123 e. The molecule has 0 fully saturated rings. The molecule has 2 nitrogen and oxygen atoms in total. The first-order valence-corrected chi connectivity index (χ1v) is 7.20. The quantitative estimate of drug-likeness (QED) is 0.895. The summed E-state index contributed by atoms with van der Waals surface area (Å²) in [4.78, 5) is 3.46. The number of anilines is 1. The number of benzene rings is 1. The summed E-state index contributed by atoms with van der Waals surface area (Å²) in [5.74, 6) is -0.189. The van der Waals surface area contributed by atoms with E-state index < -0.39 is 0 Å². The van der Waals surface area contributed by atoms with E-state index in [4.69, 9.17) is 0 Å². The average Bonchev–Trinajstić information content (AvgIpc) is 2.90. The lowest BCUT2D eigenvalue weighted by Gasteiger charge is -2.24. The summed E-state index contributed by atoms with van der Waals surface area (Å²) in [6.45, 7) is 2.88. The second-order valence-corrected chi connectivity index (χ2v) is 5.68. The Kier molecular flexibility index (Phi) is 4.56. The Morgan fingerprint density at radius 1 is 1.37 bits per heavy atom. The maximum absolute atomic E-state index is 13.4. The van der Waals surface area contributed by atoms with E-state index in [1.807, 2.05) is 27.1 Å². The van der Waals surface area contributed by atoms with Crippen LogP contribution in [0, 0.1) is 5.82 Å². The molecule has 0 amide bonds. The third kappa shape index (κ3) is 3.33. The number of nitrogens with one attached hydrogen (secondary N) is 1. The Bertz CT molecular complexity index is 525. The fourth-order valence-corrected chi connectivity index (χ4v) is 2.85. The Hall–Kier alpha value is -1.39. The van der Waals surface area contributed by atoms with Gasteiger partial charge in [0.05, 0.1) is 6.54 Å². The van der Waals surface area contributed by atoms with Gasteiger partial charge in [-0.15, -0.1) is 11.3 Å². The van der Waals surface area contributed by atoms with Crippen LogP contribution < -0.4 is 10.2 Å². The zero-order valence-electron chi connectivity index (χ0n) is 11.5. The van der Waals surface area contributed by atoms with Gasteiger partial charge in [-0.25, -0.2) is 4.39 Å². The van der Waals surface area contributed by atoms with Crippen molar-refractivity contribution in [2.24, 2.45) is 0 Å². The zero-order valence-corrected chi connectivity index (χ0v) is 12.3. The van der Waals surface area contributed by atoms with Crippen molar-refractivity contribution in [3.63, 3.8) is 0 Å². The number of nitrogens with zero attached hydrogens (tertiary/aromatic N) is 1. The molecule has 0 radical (unpaired) electrons. The molecule has 1 unspecified atom stereocenters. The topological polar surface area (TPSA) is 15.3 Å². The van der Waals surface area contributed by atoms with Crippen LogP contribution >= 0.6 is 11.3 Å². The predicted octanol–water partition coefficient (Wildman–Crippen LogP) is 3.80. The minimum absolute atomic E-state index is 0.122. The van der Waals surface area contributed by atoms with Crippen LogP contribution in [-0.4, -0.2) is 14.1 Å². The van der Waals surface area contributed by atoms with Gasteiger partial charge in [0.15, 0.2) is 0 Å². The molecule has 102 valence electrons. The van der Waals surface area contributed by atoms with E-state index in [1.165, 1.54) is 10.9 Å². The highest BCUT2D eigenvalue weighted by Gasteiger charge is 2.14.